The smallest absolute Gasteiger partial charge is 0.231 e. The fraction of sp³-hybridized carbons (Fsp3) is 0.286. The van der Waals surface area contributed by atoms with E-state index in [9.17, 15) is 0 Å². The molecule has 1 aliphatic carbocycles. The van der Waals surface area contributed by atoms with Crippen molar-refractivity contribution in [2.45, 2.75) is 12.8 Å². The third kappa shape index (κ3) is 2.29. The van der Waals surface area contributed by atoms with Crippen LogP contribution in [0.3, 0.4) is 0 Å². The lowest BCUT2D eigenvalue weighted by atomic mass is 9.86. The first kappa shape index (κ1) is 16.1. The van der Waals surface area contributed by atoms with Crippen LogP contribution in [0.4, 0.5) is 0 Å². The summed E-state index contributed by atoms with van der Waals surface area (Å²) in [5.41, 5.74) is 4.38. The number of pyridine rings is 1. The molecule has 2 aliphatic rings. The van der Waals surface area contributed by atoms with Gasteiger partial charge in [0, 0.05) is 10.9 Å². The fourth-order valence-electron chi connectivity index (χ4n) is 3.96. The summed E-state index contributed by atoms with van der Waals surface area (Å²) in [6, 6.07) is 8.02. The van der Waals surface area contributed by atoms with Gasteiger partial charge >= 0.3 is 0 Å². The highest BCUT2D eigenvalue weighted by Gasteiger charge is 2.27. The number of aromatic nitrogens is 1. The number of fused-ring (bicyclic) bond motifs is 6. The van der Waals surface area contributed by atoms with Gasteiger partial charge in [-0.3, -0.25) is 0 Å². The standard InChI is InChI=1S/C21H19NO5/c1-23-16-8-14-12-5-4-11-6-18-19(27-10-26-18)7-13(11)20(12)22-21(25-3)15(14)9-17(16)24-2/h6-9H,4-5,10H2,1-3H3. The largest absolute Gasteiger partial charge is 0.493 e. The van der Waals surface area contributed by atoms with Crippen molar-refractivity contribution in [3.05, 3.63) is 35.4 Å². The molecule has 1 aliphatic heterocycles. The number of aryl methyl sites for hydroxylation is 2. The molecule has 0 unspecified atom stereocenters. The maximum Gasteiger partial charge on any atom is 0.231 e. The summed E-state index contributed by atoms with van der Waals surface area (Å²) in [6.45, 7) is 0.260. The first-order chi connectivity index (χ1) is 13.2. The lowest BCUT2D eigenvalue weighted by Crippen LogP contribution is -2.08. The summed E-state index contributed by atoms with van der Waals surface area (Å²) < 4.78 is 27.7. The zero-order valence-electron chi connectivity index (χ0n) is 15.4. The molecule has 2 aromatic carbocycles. The summed E-state index contributed by atoms with van der Waals surface area (Å²) in [5.74, 6) is 3.47. The summed E-state index contributed by atoms with van der Waals surface area (Å²) >= 11 is 0. The van der Waals surface area contributed by atoms with Gasteiger partial charge in [-0.2, -0.15) is 0 Å². The molecule has 2 heterocycles. The van der Waals surface area contributed by atoms with Crippen LogP contribution in [0.1, 0.15) is 11.1 Å². The third-order valence-corrected chi connectivity index (χ3v) is 5.27. The van der Waals surface area contributed by atoms with Gasteiger partial charge < -0.3 is 23.7 Å². The van der Waals surface area contributed by atoms with Crippen LogP contribution in [-0.2, 0) is 12.8 Å². The number of hydrogen-bond donors (Lipinski definition) is 0. The van der Waals surface area contributed by atoms with Crippen molar-refractivity contribution in [3.63, 3.8) is 0 Å². The van der Waals surface area contributed by atoms with Gasteiger partial charge in [0.15, 0.2) is 23.0 Å². The normalized spacial score (nSPS) is 13.9. The Balaban J connectivity index is 1.81. The number of ether oxygens (including phenoxy) is 5. The van der Waals surface area contributed by atoms with Gasteiger partial charge in [0.1, 0.15) is 0 Å². The molecule has 0 atom stereocenters. The van der Waals surface area contributed by atoms with E-state index in [0.717, 1.165) is 46.4 Å². The minimum Gasteiger partial charge on any atom is -0.493 e. The van der Waals surface area contributed by atoms with Crippen molar-refractivity contribution in [1.82, 2.24) is 4.98 Å². The van der Waals surface area contributed by atoms with E-state index < -0.39 is 0 Å². The van der Waals surface area contributed by atoms with Crippen LogP contribution < -0.4 is 23.7 Å². The van der Waals surface area contributed by atoms with Gasteiger partial charge in [0.25, 0.3) is 0 Å². The topological polar surface area (TPSA) is 59.0 Å². The molecule has 0 radical (unpaired) electrons. The van der Waals surface area contributed by atoms with E-state index in [1.54, 1.807) is 21.3 Å². The van der Waals surface area contributed by atoms with Gasteiger partial charge in [-0.15, -0.1) is 0 Å². The molecule has 0 spiro atoms. The average molecular weight is 365 g/mol. The second kappa shape index (κ2) is 5.94. The molecule has 6 heteroatoms. The Morgan fingerprint density at radius 1 is 0.815 bits per heavy atom. The molecule has 1 aromatic heterocycles. The molecule has 27 heavy (non-hydrogen) atoms. The number of hydrogen-bond acceptors (Lipinski definition) is 6. The lowest BCUT2D eigenvalue weighted by molar-refractivity contribution is 0.174. The van der Waals surface area contributed by atoms with Gasteiger partial charge in [-0.05, 0) is 53.6 Å². The summed E-state index contributed by atoms with van der Waals surface area (Å²) in [7, 11) is 4.90. The van der Waals surface area contributed by atoms with Crippen molar-refractivity contribution < 1.29 is 23.7 Å². The Morgan fingerprint density at radius 2 is 1.52 bits per heavy atom. The first-order valence-corrected chi connectivity index (χ1v) is 8.79. The van der Waals surface area contributed by atoms with Crippen LogP contribution in [0.25, 0.3) is 22.0 Å². The maximum absolute atomic E-state index is 5.61. The zero-order chi connectivity index (χ0) is 18.5. The summed E-state index contributed by atoms with van der Waals surface area (Å²) in [4.78, 5) is 4.84. The van der Waals surface area contributed by atoms with Crippen molar-refractivity contribution in [3.8, 4) is 40.1 Å². The van der Waals surface area contributed by atoms with E-state index in [4.69, 9.17) is 28.7 Å². The van der Waals surface area contributed by atoms with E-state index in [2.05, 4.69) is 6.07 Å². The molecule has 138 valence electrons. The summed E-state index contributed by atoms with van der Waals surface area (Å²) in [5, 5.41) is 1.98. The van der Waals surface area contributed by atoms with E-state index in [1.165, 1.54) is 11.1 Å². The fourth-order valence-corrected chi connectivity index (χ4v) is 3.96. The van der Waals surface area contributed by atoms with Crippen LogP contribution in [-0.4, -0.2) is 33.1 Å². The SMILES string of the molecule is COc1cc2c(OC)nc3c(c2cc1OC)CCc1cc2c(cc1-3)OCO2. The number of methoxy groups -OCH3 is 3. The van der Waals surface area contributed by atoms with E-state index in [0.29, 0.717) is 17.4 Å². The molecule has 5 rings (SSSR count). The van der Waals surface area contributed by atoms with Gasteiger partial charge in [-0.25, -0.2) is 4.98 Å². The zero-order valence-corrected chi connectivity index (χ0v) is 15.4. The molecular formula is C21H19NO5. The lowest BCUT2D eigenvalue weighted by Gasteiger charge is -2.23. The minimum absolute atomic E-state index is 0.260. The van der Waals surface area contributed by atoms with E-state index in [-0.39, 0.29) is 6.79 Å². The predicted octanol–water partition coefficient (Wildman–Crippen LogP) is 3.75. The number of rotatable bonds is 3. The van der Waals surface area contributed by atoms with Crippen molar-refractivity contribution in [1.29, 1.82) is 0 Å². The second-order valence-electron chi connectivity index (χ2n) is 6.56. The molecule has 0 N–H and O–H groups in total. The molecular weight excluding hydrogens is 346 g/mol. The van der Waals surface area contributed by atoms with Crippen LogP contribution in [0, 0.1) is 0 Å². The minimum atomic E-state index is 0.260. The highest BCUT2D eigenvalue weighted by molar-refractivity contribution is 5.97. The number of nitrogens with zero attached hydrogens (tertiary/aromatic N) is 1. The Labute approximate surface area is 156 Å². The molecule has 0 saturated carbocycles. The van der Waals surface area contributed by atoms with Crippen molar-refractivity contribution in [2.75, 3.05) is 28.1 Å². The average Bonchev–Trinajstić information content (AvgIpc) is 3.17. The summed E-state index contributed by atoms with van der Waals surface area (Å²) in [6.07, 6.45) is 1.79. The second-order valence-corrected chi connectivity index (χ2v) is 6.56. The third-order valence-electron chi connectivity index (χ3n) is 5.27. The molecule has 3 aromatic rings. The molecule has 0 bridgehead atoms. The van der Waals surface area contributed by atoms with Crippen LogP contribution >= 0.6 is 0 Å². The van der Waals surface area contributed by atoms with Crippen LogP contribution in [0.2, 0.25) is 0 Å². The Hall–Kier alpha value is -3.15. The molecule has 0 amide bonds. The van der Waals surface area contributed by atoms with Crippen LogP contribution in [0.5, 0.6) is 28.9 Å². The Kier molecular flexibility index (Phi) is 3.53. The Morgan fingerprint density at radius 3 is 2.22 bits per heavy atom. The van der Waals surface area contributed by atoms with Gasteiger partial charge in [0.05, 0.1) is 27.0 Å². The molecule has 0 saturated heterocycles. The van der Waals surface area contributed by atoms with Crippen molar-refractivity contribution in [2.24, 2.45) is 0 Å². The van der Waals surface area contributed by atoms with Crippen molar-refractivity contribution >= 4 is 10.8 Å². The predicted molar refractivity (Wildman–Crippen MR) is 100 cm³/mol. The first-order valence-electron chi connectivity index (χ1n) is 8.79. The maximum atomic E-state index is 5.61. The monoisotopic (exact) mass is 365 g/mol. The Bertz CT molecular complexity index is 1080. The van der Waals surface area contributed by atoms with Crippen LogP contribution in [0.15, 0.2) is 24.3 Å². The van der Waals surface area contributed by atoms with Gasteiger partial charge in [-0.1, -0.05) is 0 Å². The highest BCUT2D eigenvalue weighted by Crippen LogP contribution is 2.46. The molecule has 6 nitrogen and oxygen atoms in total. The quantitative estimate of drug-likeness (QED) is 0.704. The highest BCUT2D eigenvalue weighted by atomic mass is 16.7. The van der Waals surface area contributed by atoms with Gasteiger partial charge in [0.2, 0.25) is 12.7 Å². The number of benzene rings is 2. The van der Waals surface area contributed by atoms with E-state index >= 15 is 0 Å². The molecule has 0 fully saturated rings. The van der Waals surface area contributed by atoms with E-state index in [1.807, 2.05) is 18.2 Å².